The molecule has 11 nitrogen and oxygen atoms in total. The fraction of sp³-hybridized carbons (Fsp3) is 0.613. The number of carbonyl (C=O) groups is 3. The van der Waals surface area contributed by atoms with Gasteiger partial charge in [-0.05, 0) is 76.5 Å². The molecule has 1 aromatic heterocycles. The van der Waals surface area contributed by atoms with E-state index in [0.717, 1.165) is 63.6 Å². The third-order valence-corrected chi connectivity index (χ3v) is 10.3. The zero-order chi connectivity index (χ0) is 31.2. The zero-order valence-corrected chi connectivity index (χ0v) is 25.0. The molecule has 6 rings (SSSR count). The number of quaternary nitrogens is 1. The minimum Gasteiger partial charge on any atom is -0.624 e. The van der Waals surface area contributed by atoms with Crippen LogP contribution in [0.3, 0.4) is 0 Å². The normalized spacial score (nSPS) is 31.0. The Morgan fingerprint density at radius 2 is 1.84 bits per heavy atom. The molecule has 3 amide bonds. The predicted octanol–water partition coefficient (Wildman–Crippen LogP) is 4.26. The number of nitrogen functional groups attached to an aromatic ring is 1. The van der Waals surface area contributed by atoms with Crippen LogP contribution in [0.4, 0.5) is 20.2 Å². The van der Waals surface area contributed by atoms with Gasteiger partial charge >= 0.3 is 5.91 Å². The highest BCUT2D eigenvalue weighted by Crippen LogP contribution is 2.39. The highest BCUT2D eigenvalue weighted by atomic mass is 19.3. The van der Waals surface area contributed by atoms with Crippen molar-refractivity contribution < 1.29 is 27.8 Å². The second-order valence-electron chi connectivity index (χ2n) is 13.1. The van der Waals surface area contributed by atoms with E-state index in [4.69, 9.17) is 5.73 Å². The average Bonchev–Trinajstić information content (AvgIpc) is 3.51. The van der Waals surface area contributed by atoms with Crippen molar-refractivity contribution in [2.45, 2.75) is 101 Å². The van der Waals surface area contributed by atoms with E-state index in [1.54, 1.807) is 23.0 Å². The summed E-state index contributed by atoms with van der Waals surface area (Å²) in [5, 5.41) is 23.6. The Bertz CT molecular complexity index is 1420. The summed E-state index contributed by atoms with van der Waals surface area (Å²) in [5.74, 6) is -1.16. The molecule has 3 fully saturated rings. The topological polar surface area (TPSA) is 145 Å². The lowest BCUT2D eigenvalue weighted by atomic mass is 9.84. The molecule has 2 unspecified atom stereocenters. The Labute approximate surface area is 255 Å². The molecule has 4 aliphatic rings. The number of aromatic nitrogens is 2. The van der Waals surface area contributed by atoms with Crippen LogP contribution in [0.15, 0.2) is 24.4 Å². The first-order valence-electron chi connectivity index (χ1n) is 15.7. The summed E-state index contributed by atoms with van der Waals surface area (Å²) in [5.41, 5.74) is 7.23. The number of hydrogen-bond donors (Lipinski definition) is 3. The molecule has 2 aliphatic heterocycles. The molecule has 4 N–H and O–H groups in total. The molecule has 2 saturated carbocycles. The number of imide groups is 1. The minimum atomic E-state index is -2.66. The first-order valence-corrected chi connectivity index (χ1v) is 15.7. The van der Waals surface area contributed by atoms with Crippen LogP contribution >= 0.6 is 0 Å². The van der Waals surface area contributed by atoms with Crippen LogP contribution in [0.2, 0.25) is 0 Å². The number of alkyl halides is 2. The van der Waals surface area contributed by atoms with Gasteiger partial charge in [-0.1, -0.05) is 6.07 Å². The Balaban J connectivity index is 0.995. The molecule has 0 spiro atoms. The summed E-state index contributed by atoms with van der Waals surface area (Å²) in [7, 11) is 2.18. The maximum Gasteiger partial charge on any atom is 0.347 e. The molecular weight excluding hydrogens is 572 g/mol. The lowest BCUT2D eigenvalue weighted by molar-refractivity contribution is -0.825. The smallest absolute Gasteiger partial charge is 0.347 e. The number of nitrogens with zero attached hydrogens (tertiary/aromatic N) is 4. The van der Waals surface area contributed by atoms with Crippen molar-refractivity contribution in [3.05, 3.63) is 46.4 Å². The van der Waals surface area contributed by atoms with Crippen LogP contribution in [-0.2, 0) is 16.1 Å². The molecule has 1 saturated heterocycles. The average molecular weight is 614 g/mol. The van der Waals surface area contributed by atoms with E-state index in [0.29, 0.717) is 23.1 Å². The van der Waals surface area contributed by atoms with E-state index in [1.165, 1.54) is 0 Å². The number of hydroxylamine groups is 3. The van der Waals surface area contributed by atoms with Gasteiger partial charge in [-0.3, -0.25) is 24.2 Å². The van der Waals surface area contributed by atoms with E-state index < -0.39 is 34.8 Å². The van der Waals surface area contributed by atoms with Gasteiger partial charge in [-0.25, -0.2) is 13.6 Å². The highest BCUT2D eigenvalue weighted by molar-refractivity contribution is 6.02. The first-order chi connectivity index (χ1) is 21.0. The van der Waals surface area contributed by atoms with Gasteiger partial charge in [0, 0.05) is 48.9 Å². The van der Waals surface area contributed by atoms with Gasteiger partial charge in [0.2, 0.25) is 5.91 Å². The molecule has 13 heteroatoms. The van der Waals surface area contributed by atoms with Gasteiger partial charge in [0.15, 0.2) is 11.7 Å². The largest absolute Gasteiger partial charge is 0.624 e. The lowest BCUT2D eigenvalue weighted by Crippen LogP contribution is -2.60. The Morgan fingerprint density at radius 1 is 1.11 bits per heavy atom. The first kappa shape index (κ1) is 30.6. The van der Waals surface area contributed by atoms with Crippen molar-refractivity contribution in [1.29, 1.82) is 0 Å². The molecule has 0 radical (unpaired) electrons. The summed E-state index contributed by atoms with van der Waals surface area (Å²) >= 11 is 0. The van der Waals surface area contributed by atoms with E-state index >= 15 is 0 Å². The van der Waals surface area contributed by atoms with E-state index in [9.17, 15) is 28.4 Å². The van der Waals surface area contributed by atoms with E-state index in [1.807, 2.05) is 6.07 Å². The van der Waals surface area contributed by atoms with Gasteiger partial charge in [-0.2, -0.15) is 5.10 Å². The number of hydrogen-bond acceptors (Lipinski definition) is 8. The molecule has 2 aromatic rings. The third-order valence-electron chi connectivity index (χ3n) is 10.3. The molecular formula is C31H41F2N7O4. The Morgan fingerprint density at radius 3 is 2.50 bits per heavy atom. The summed E-state index contributed by atoms with van der Waals surface area (Å²) in [4.78, 5) is 39.8. The summed E-state index contributed by atoms with van der Waals surface area (Å²) in [6.07, 6.45) is 6.80. The fourth-order valence-corrected chi connectivity index (χ4v) is 7.74. The number of carbonyl (C=O) groups excluding carboxylic acids is 3. The number of halogens is 2. The molecule has 2 atom stereocenters. The van der Waals surface area contributed by atoms with Crippen molar-refractivity contribution in [3.63, 3.8) is 0 Å². The van der Waals surface area contributed by atoms with Crippen LogP contribution in [0.5, 0.6) is 0 Å². The van der Waals surface area contributed by atoms with Crippen LogP contribution in [0.25, 0.3) is 0 Å². The standard InChI is InChI=1S/C31H41F2N7O4/c1-38(15-18-5-9-21(10-6-18)39-16-24(34)28(37-39)29(32)33)20-11-7-19(8-12-20)35-25-4-2-3-22-23(25)17-40(44,31(22)43)26-13-14-27(41)36-30(26)42/h2-4,16,18-21,26,29,35H,5-15,17,34H2,1H3,(H,36,41,42). The quantitative estimate of drug-likeness (QED) is 0.228. The number of anilines is 2. The van der Waals surface area contributed by atoms with Crippen LogP contribution < -0.4 is 16.4 Å². The highest BCUT2D eigenvalue weighted by Gasteiger charge is 2.50. The summed E-state index contributed by atoms with van der Waals surface area (Å²) in [6.45, 7) is 0.877. The van der Waals surface area contributed by atoms with Crippen LogP contribution in [-0.4, -0.2) is 68.8 Å². The summed E-state index contributed by atoms with van der Waals surface area (Å²) < 4.78 is 26.5. The number of rotatable bonds is 8. The van der Waals surface area contributed by atoms with Crippen molar-refractivity contribution >= 4 is 29.1 Å². The molecule has 3 heterocycles. The third kappa shape index (κ3) is 5.84. The van der Waals surface area contributed by atoms with Crippen molar-refractivity contribution in [3.8, 4) is 0 Å². The molecule has 1 aromatic carbocycles. The van der Waals surface area contributed by atoms with Crippen molar-refractivity contribution in [2.75, 3.05) is 24.6 Å². The van der Waals surface area contributed by atoms with Gasteiger partial charge in [0.05, 0.1) is 17.3 Å². The summed E-state index contributed by atoms with van der Waals surface area (Å²) in [6, 6.07) is 4.98. The Kier molecular flexibility index (Phi) is 8.46. The van der Waals surface area contributed by atoms with Gasteiger partial charge < -0.3 is 21.2 Å². The van der Waals surface area contributed by atoms with Gasteiger partial charge in [0.25, 0.3) is 12.3 Å². The molecule has 238 valence electrons. The predicted molar refractivity (Wildman–Crippen MR) is 159 cm³/mol. The maximum absolute atomic E-state index is 13.8. The maximum atomic E-state index is 13.8. The van der Waals surface area contributed by atoms with E-state index in [2.05, 4.69) is 27.7 Å². The fourth-order valence-electron chi connectivity index (χ4n) is 7.74. The second-order valence-corrected chi connectivity index (χ2v) is 13.1. The van der Waals surface area contributed by atoms with Gasteiger partial charge in [-0.15, -0.1) is 0 Å². The number of piperidine rings is 1. The number of fused-ring (bicyclic) bond motifs is 1. The van der Waals surface area contributed by atoms with Crippen LogP contribution in [0, 0.1) is 11.1 Å². The number of benzene rings is 1. The zero-order valence-electron chi connectivity index (χ0n) is 25.0. The second kappa shape index (κ2) is 12.2. The van der Waals surface area contributed by atoms with E-state index in [-0.39, 0.29) is 42.9 Å². The number of amides is 3. The lowest BCUT2D eigenvalue weighted by Gasteiger charge is -2.42. The van der Waals surface area contributed by atoms with Crippen molar-refractivity contribution in [1.82, 2.24) is 20.0 Å². The van der Waals surface area contributed by atoms with Crippen LogP contribution in [0.1, 0.15) is 98.3 Å². The molecule has 2 aliphatic carbocycles. The number of nitrogens with one attached hydrogen (secondary N) is 2. The van der Waals surface area contributed by atoms with Crippen molar-refractivity contribution in [2.24, 2.45) is 5.92 Å². The van der Waals surface area contributed by atoms with Gasteiger partial charge in [0.1, 0.15) is 6.54 Å². The minimum absolute atomic E-state index is 0.0531. The number of nitrogens with two attached hydrogens (primary N) is 1. The SMILES string of the molecule is CN(CC1CCC(n2cc(N)c(C(F)F)n2)CC1)C1CCC(Nc2cccc3c2C[N+]([O-])(C2CCC(=O)NC2=O)C3=O)CC1. The molecule has 0 bridgehead atoms. The monoisotopic (exact) mass is 613 g/mol. The molecule has 44 heavy (non-hydrogen) atoms. The Hall–Kier alpha value is -3.42.